The molecule has 4 heterocycles. The number of thiazole rings is 1. The molecule has 0 aliphatic carbocycles. The van der Waals surface area contributed by atoms with Crippen LogP contribution in [0.25, 0.3) is 10.2 Å². The molecule has 2 N–H and O–H groups in total. The van der Waals surface area contributed by atoms with Gasteiger partial charge in [0.2, 0.25) is 0 Å². The van der Waals surface area contributed by atoms with Crippen molar-refractivity contribution in [2.45, 2.75) is 62.9 Å². The number of rotatable bonds is 3. The largest absolute Gasteiger partial charge is 0.370 e. The molecule has 5 rings (SSSR count). The summed E-state index contributed by atoms with van der Waals surface area (Å²) < 4.78 is 7.46. The topological polar surface area (TPSA) is 78.4 Å². The van der Waals surface area contributed by atoms with E-state index < -0.39 is 0 Å². The fourth-order valence-electron chi connectivity index (χ4n) is 5.47. The zero-order valence-electron chi connectivity index (χ0n) is 16.3. The van der Waals surface area contributed by atoms with Crippen molar-refractivity contribution in [3.8, 4) is 6.07 Å². The number of nitrogens with two attached hydrogens (primary N) is 1. The van der Waals surface area contributed by atoms with Gasteiger partial charge in [-0.05, 0) is 44.7 Å². The number of morpholine rings is 1. The second kappa shape index (κ2) is 7.27. The lowest BCUT2D eigenvalue weighted by Crippen LogP contribution is -2.55. The van der Waals surface area contributed by atoms with E-state index in [-0.39, 0.29) is 12.2 Å². The summed E-state index contributed by atoms with van der Waals surface area (Å²) in [7, 11) is 0. The van der Waals surface area contributed by atoms with E-state index in [0.29, 0.717) is 23.7 Å². The smallest absolute Gasteiger partial charge is 0.101 e. The van der Waals surface area contributed by atoms with Crippen molar-refractivity contribution < 1.29 is 4.74 Å². The molecule has 2 aromatic rings. The van der Waals surface area contributed by atoms with Crippen LogP contribution in [-0.2, 0) is 4.74 Å². The molecule has 3 saturated heterocycles. The molecule has 7 heteroatoms. The maximum atomic E-state index is 9.36. The third-order valence-corrected chi connectivity index (χ3v) is 7.43. The number of fused-ring (bicyclic) bond motifs is 3. The SMILES string of the molecule is C[C@@H]1CN(c2ccc(C#N)c3ncsc23)C[C@H](CN2[C@@H]3CC[C@H]2CC(N)C3)O1. The summed E-state index contributed by atoms with van der Waals surface area (Å²) in [5.74, 6) is 0. The minimum absolute atomic E-state index is 0.182. The third kappa shape index (κ3) is 3.18. The molecule has 0 radical (unpaired) electrons. The van der Waals surface area contributed by atoms with Gasteiger partial charge in [-0.25, -0.2) is 4.98 Å². The Balaban J connectivity index is 1.37. The van der Waals surface area contributed by atoms with Gasteiger partial charge in [0.15, 0.2) is 0 Å². The van der Waals surface area contributed by atoms with Crippen LogP contribution in [0.15, 0.2) is 17.6 Å². The summed E-state index contributed by atoms with van der Waals surface area (Å²) in [4.78, 5) is 9.53. The first-order valence-corrected chi connectivity index (χ1v) is 11.2. The second-order valence-electron chi connectivity index (χ2n) is 8.56. The average molecular weight is 398 g/mol. The number of ether oxygens (including phenoxy) is 1. The van der Waals surface area contributed by atoms with Crippen LogP contribution in [0.5, 0.6) is 0 Å². The van der Waals surface area contributed by atoms with Crippen molar-refractivity contribution >= 4 is 27.2 Å². The summed E-state index contributed by atoms with van der Waals surface area (Å²) in [6.45, 7) is 4.90. The zero-order valence-corrected chi connectivity index (χ0v) is 17.1. The van der Waals surface area contributed by atoms with E-state index >= 15 is 0 Å². The van der Waals surface area contributed by atoms with E-state index in [0.717, 1.165) is 42.7 Å². The van der Waals surface area contributed by atoms with E-state index in [1.165, 1.54) is 18.5 Å². The van der Waals surface area contributed by atoms with Gasteiger partial charge < -0.3 is 15.4 Å². The van der Waals surface area contributed by atoms with Crippen molar-refractivity contribution in [2.75, 3.05) is 24.5 Å². The highest BCUT2D eigenvalue weighted by Crippen LogP contribution is 2.37. The fraction of sp³-hybridized carbons (Fsp3) is 0.619. The van der Waals surface area contributed by atoms with Crippen molar-refractivity contribution in [3.63, 3.8) is 0 Å². The van der Waals surface area contributed by atoms with E-state index in [1.54, 1.807) is 11.3 Å². The minimum Gasteiger partial charge on any atom is -0.370 e. The Morgan fingerprint density at radius 1 is 1.29 bits per heavy atom. The third-order valence-electron chi connectivity index (χ3n) is 6.59. The molecule has 3 aliphatic rings. The average Bonchev–Trinajstić information content (AvgIpc) is 3.24. The Hall–Kier alpha value is -1.72. The summed E-state index contributed by atoms with van der Waals surface area (Å²) in [6, 6.07) is 7.88. The molecule has 5 atom stereocenters. The van der Waals surface area contributed by atoms with Gasteiger partial charge in [-0.3, -0.25) is 4.90 Å². The number of hydrogen-bond acceptors (Lipinski definition) is 7. The summed E-state index contributed by atoms with van der Waals surface area (Å²) in [5, 5.41) is 9.36. The van der Waals surface area contributed by atoms with Crippen molar-refractivity contribution in [3.05, 3.63) is 23.2 Å². The number of hydrogen-bond donors (Lipinski definition) is 1. The van der Waals surface area contributed by atoms with Gasteiger partial charge in [-0.2, -0.15) is 5.26 Å². The number of anilines is 1. The van der Waals surface area contributed by atoms with Crippen LogP contribution in [-0.4, -0.2) is 59.9 Å². The molecule has 1 aromatic carbocycles. The lowest BCUT2D eigenvalue weighted by atomic mass is 9.97. The number of aromatic nitrogens is 1. The second-order valence-corrected chi connectivity index (χ2v) is 9.42. The van der Waals surface area contributed by atoms with Gasteiger partial charge in [0.25, 0.3) is 0 Å². The van der Waals surface area contributed by atoms with Gasteiger partial charge >= 0.3 is 0 Å². The standard InChI is InChI=1S/C21H27N5OS/c1-13-9-25(19-5-2-14(8-22)20-21(19)28-12-24-20)10-18(27-13)11-26-16-3-4-17(26)7-15(23)6-16/h2,5,12-13,15-18H,3-4,6-7,9-11,23H2,1H3/t13-,15?,16-,17+,18-/m1/s1. The van der Waals surface area contributed by atoms with E-state index in [2.05, 4.69) is 33.8 Å². The molecule has 3 aliphatic heterocycles. The minimum atomic E-state index is 0.182. The molecule has 2 bridgehead atoms. The van der Waals surface area contributed by atoms with Gasteiger partial charge in [0, 0.05) is 37.8 Å². The predicted octanol–water partition coefficient (Wildman–Crippen LogP) is 2.72. The molecule has 148 valence electrons. The molecule has 0 amide bonds. The molecule has 3 fully saturated rings. The first kappa shape index (κ1) is 18.3. The highest BCUT2D eigenvalue weighted by Gasteiger charge is 2.41. The van der Waals surface area contributed by atoms with Crippen LogP contribution in [0, 0.1) is 11.3 Å². The van der Waals surface area contributed by atoms with Gasteiger partial charge in [-0.1, -0.05) is 0 Å². The first-order valence-electron chi connectivity index (χ1n) is 10.3. The number of nitrogens with zero attached hydrogens (tertiary/aromatic N) is 4. The Kier molecular flexibility index (Phi) is 4.76. The number of benzene rings is 1. The molecular formula is C21H27N5OS. The lowest BCUT2D eigenvalue weighted by Gasteiger charge is -2.43. The first-order chi connectivity index (χ1) is 13.6. The van der Waals surface area contributed by atoms with E-state index in [9.17, 15) is 5.26 Å². The lowest BCUT2D eigenvalue weighted by molar-refractivity contribution is -0.0447. The fourth-order valence-corrected chi connectivity index (χ4v) is 6.32. The highest BCUT2D eigenvalue weighted by molar-refractivity contribution is 7.17. The quantitative estimate of drug-likeness (QED) is 0.858. The van der Waals surface area contributed by atoms with E-state index in [1.807, 2.05) is 11.6 Å². The van der Waals surface area contributed by atoms with Crippen molar-refractivity contribution in [1.82, 2.24) is 9.88 Å². The Morgan fingerprint density at radius 3 is 2.82 bits per heavy atom. The van der Waals surface area contributed by atoms with E-state index in [4.69, 9.17) is 10.5 Å². The maximum absolute atomic E-state index is 9.36. The molecule has 0 spiro atoms. The van der Waals surface area contributed by atoms with Gasteiger partial charge in [0.1, 0.15) is 11.6 Å². The molecule has 28 heavy (non-hydrogen) atoms. The molecule has 6 nitrogen and oxygen atoms in total. The van der Waals surface area contributed by atoms with Crippen LogP contribution < -0.4 is 10.6 Å². The zero-order chi connectivity index (χ0) is 19.3. The molecule has 1 unspecified atom stereocenters. The molecular weight excluding hydrogens is 370 g/mol. The maximum Gasteiger partial charge on any atom is 0.101 e. The van der Waals surface area contributed by atoms with Crippen molar-refractivity contribution in [1.29, 1.82) is 5.26 Å². The van der Waals surface area contributed by atoms with Gasteiger partial charge in [0.05, 0.1) is 33.7 Å². The monoisotopic (exact) mass is 397 g/mol. The Bertz CT molecular complexity index is 894. The normalized spacial score (nSPS) is 33.3. The molecule has 1 aromatic heterocycles. The number of nitriles is 1. The Morgan fingerprint density at radius 2 is 2.07 bits per heavy atom. The summed E-state index contributed by atoms with van der Waals surface area (Å²) in [6.07, 6.45) is 5.18. The van der Waals surface area contributed by atoms with Crippen LogP contribution in [0.1, 0.15) is 38.2 Å². The van der Waals surface area contributed by atoms with Crippen LogP contribution in [0.3, 0.4) is 0 Å². The van der Waals surface area contributed by atoms with Gasteiger partial charge in [-0.15, -0.1) is 11.3 Å². The van der Waals surface area contributed by atoms with Crippen LogP contribution >= 0.6 is 11.3 Å². The summed E-state index contributed by atoms with van der Waals surface area (Å²) >= 11 is 1.62. The van der Waals surface area contributed by atoms with Crippen LogP contribution in [0.2, 0.25) is 0 Å². The highest BCUT2D eigenvalue weighted by atomic mass is 32.1. The number of piperidine rings is 1. The predicted molar refractivity (Wildman–Crippen MR) is 112 cm³/mol. The van der Waals surface area contributed by atoms with Crippen molar-refractivity contribution in [2.24, 2.45) is 5.73 Å². The molecule has 0 saturated carbocycles. The Labute approximate surface area is 169 Å². The summed E-state index contributed by atoms with van der Waals surface area (Å²) in [5.41, 5.74) is 10.7. The van der Waals surface area contributed by atoms with Crippen LogP contribution in [0.4, 0.5) is 5.69 Å².